The summed E-state index contributed by atoms with van der Waals surface area (Å²) in [6.07, 6.45) is 0.326. The Bertz CT molecular complexity index is 690. The van der Waals surface area contributed by atoms with Gasteiger partial charge in [-0.2, -0.15) is 5.26 Å². The lowest BCUT2D eigenvalue weighted by molar-refractivity contribution is -0.384. The molecule has 1 aliphatic carbocycles. The second kappa shape index (κ2) is 5.25. The highest BCUT2D eigenvalue weighted by molar-refractivity contribution is 6.32. The molecule has 0 amide bonds. The Kier molecular flexibility index (Phi) is 3.88. The van der Waals surface area contributed by atoms with Crippen LogP contribution in [0.5, 0.6) is 0 Å². The molecular weight excluding hydrogens is 308 g/mol. The van der Waals surface area contributed by atoms with Gasteiger partial charge in [0.1, 0.15) is 16.0 Å². The number of carbonyl (C=O) groups excluding carboxylic acids is 1. The lowest BCUT2D eigenvalue weighted by Gasteiger charge is -2.24. The molecule has 0 aliphatic heterocycles. The summed E-state index contributed by atoms with van der Waals surface area (Å²) in [5.74, 6) is -1.02. The Hall–Kier alpha value is -2.13. The summed E-state index contributed by atoms with van der Waals surface area (Å²) in [6.45, 7) is 5.22. The first-order valence-electron chi connectivity index (χ1n) is 6.69. The normalized spacial score (nSPS) is 23.5. The van der Waals surface area contributed by atoms with Crippen LogP contribution < -0.4 is 0 Å². The van der Waals surface area contributed by atoms with Gasteiger partial charge in [0.05, 0.1) is 16.9 Å². The van der Waals surface area contributed by atoms with Crippen LogP contribution in [0.15, 0.2) is 18.2 Å². The summed E-state index contributed by atoms with van der Waals surface area (Å²) in [5, 5.41) is 19.9. The Morgan fingerprint density at radius 2 is 2.18 bits per heavy atom. The summed E-state index contributed by atoms with van der Waals surface area (Å²) in [6, 6.07) is 6.16. The van der Waals surface area contributed by atoms with Crippen molar-refractivity contribution in [2.24, 2.45) is 5.92 Å². The fourth-order valence-electron chi connectivity index (χ4n) is 2.38. The van der Waals surface area contributed by atoms with Crippen LogP contribution in [0.2, 0.25) is 5.02 Å². The van der Waals surface area contributed by atoms with E-state index in [1.54, 1.807) is 20.8 Å². The van der Waals surface area contributed by atoms with Crippen LogP contribution in [-0.4, -0.2) is 16.5 Å². The lowest BCUT2D eigenvalue weighted by Crippen LogP contribution is -2.33. The minimum atomic E-state index is -1.08. The number of rotatable bonds is 3. The number of carbonyl (C=O) groups is 1. The van der Waals surface area contributed by atoms with Crippen molar-refractivity contribution >= 4 is 23.3 Å². The van der Waals surface area contributed by atoms with E-state index < -0.39 is 27.8 Å². The van der Waals surface area contributed by atoms with Crippen molar-refractivity contribution in [1.82, 2.24) is 0 Å². The van der Waals surface area contributed by atoms with Crippen LogP contribution in [0.25, 0.3) is 0 Å². The van der Waals surface area contributed by atoms with Crippen molar-refractivity contribution in [3.8, 4) is 6.07 Å². The minimum Gasteiger partial charge on any atom is -0.459 e. The smallest absolute Gasteiger partial charge is 0.318 e. The first-order valence-corrected chi connectivity index (χ1v) is 7.07. The van der Waals surface area contributed by atoms with Crippen LogP contribution in [-0.2, 0) is 14.9 Å². The molecule has 1 saturated carbocycles. The first kappa shape index (κ1) is 16.2. The summed E-state index contributed by atoms with van der Waals surface area (Å²) in [5.41, 5.74) is -1.53. The number of ether oxygens (including phenoxy) is 1. The molecule has 1 aromatic carbocycles. The van der Waals surface area contributed by atoms with Gasteiger partial charge >= 0.3 is 5.97 Å². The molecule has 0 bridgehead atoms. The van der Waals surface area contributed by atoms with Gasteiger partial charge in [0.15, 0.2) is 0 Å². The lowest BCUT2D eigenvalue weighted by atomic mass is 9.93. The van der Waals surface area contributed by atoms with Crippen LogP contribution in [0.1, 0.15) is 32.8 Å². The molecular formula is C15H15ClN2O4. The maximum absolute atomic E-state index is 12.5. The van der Waals surface area contributed by atoms with Gasteiger partial charge in [-0.1, -0.05) is 17.7 Å². The van der Waals surface area contributed by atoms with Crippen molar-refractivity contribution < 1.29 is 14.5 Å². The predicted molar refractivity (Wildman–Crippen MR) is 79.3 cm³/mol. The number of nitro groups is 1. The van der Waals surface area contributed by atoms with E-state index in [0.29, 0.717) is 12.0 Å². The van der Waals surface area contributed by atoms with E-state index in [2.05, 4.69) is 6.07 Å². The van der Waals surface area contributed by atoms with Crippen molar-refractivity contribution in [2.45, 2.75) is 38.2 Å². The number of nitrogens with zero attached hydrogens (tertiary/aromatic N) is 2. The summed E-state index contributed by atoms with van der Waals surface area (Å²) < 4.78 is 5.40. The second-order valence-corrected chi connectivity index (χ2v) is 6.69. The van der Waals surface area contributed by atoms with Crippen molar-refractivity contribution in [3.63, 3.8) is 0 Å². The van der Waals surface area contributed by atoms with Gasteiger partial charge in [-0.15, -0.1) is 0 Å². The first-order chi connectivity index (χ1) is 10.1. The van der Waals surface area contributed by atoms with E-state index in [1.165, 1.54) is 18.2 Å². The van der Waals surface area contributed by atoms with Crippen LogP contribution in [0.4, 0.5) is 5.69 Å². The van der Waals surface area contributed by atoms with Crippen LogP contribution >= 0.6 is 11.6 Å². The summed E-state index contributed by atoms with van der Waals surface area (Å²) in [7, 11) is 0. The third-order valence-corrected chi connectivity index (χ3v) is 3.84. The molecule has 1 aromatic rings. The molecule has 116 valence electrons. The van der Waals surface area contributed by atoms with Gasteiger partial charge in [0.2, 0.25) is 0 Å². The van der Waals surface area contributed by atoms with Crippen molar-refractivity contribution in [3.05, 3.63) is 38.9 Å². The van der Waals surface area contributed by atoms with Crippen LogP contribution in [0.3, 0.4) is 0 Å². The molecule has 0 N–H and O–H groups in total. The number of hydrogen-bond acceptors (Lipinski definition) is 5. The minimum absolute atomic E-state index is 0.0611. The van der Waals surface area contributed by atoms with Gasteiger partial charge in [0, 0.05) is 6.07 Å². The molecule has 0 aromatic heterocycles. The average molecular weight is 323 g/mol. The van der Waals surface area contributed by atoms with E-state index in [9.17, 15) is 14.9 Å². The van der Waals surface area contributed by atoms with E-state index >= 15 is 0 Å². The Morgan fingerprint density at radius 1 is 1.55 bits per heavy atom. The number of hydrogen-bond donors (Lipinski definition) is 0. The predicted octanol–water partition coefficient (Wildman–Crippen LogP) is 3.37. The number of nitriles is 1. The topological polar surface area (TPSA) is 93.2 Å². The fourth-order valence-corrected chi connectivity index (χ4v) is 2.63. The molecule has 0 heterocycles. The molecule has 6 nitrogen and oxygen atoms in total. The summed E-state index contributed by atoms with van der Waals surface area (Å²) in [4.78, 5) is 22.7. The highest BCUT2D eigenvalue weighted by Gasteiger charge is 2.63. The number of nitro benzene ring substituents is 1. The monoisotopic (exact) mass is 322 g/mol. The van der Waals surface area contributed by atoms with E-state index in [4.69, 9.17) is 21.6 Å². The molecule has 7 heteroatoms. The number of halogens is 1. The zero-order chi connectivity index (χ0) is 16.7. The van der Waals surface area contributed by atoms with Crippen LogP contribution in [0, 0.1) is 27.4 Å². The van der Waals surface area contributed by atoms with Gasteiger partial charge in [-0.25, -0.2) is 0 Å². The Labute approximate surface area is 132 Å². The maximum Gasteiger partial charge on any atom is 0.318 e. The van der Waals surface area contributed by atoms with E-state index in [1.807, 2.05) is 0 Å². The van der Waals surface area contributed by atoms with Gasteiger partial charge in [-0.05, 0) is 38.8 Å². The zero-order valence-corrected chi connectivity index (χ0v) is 13.2. The molecule has 2 atom stereocenters. The molecule has 1 aliphatic rings. The largest absolute Gasteiger partial charge is 0.459 e. The van der Waals surface area contributed by atoms with Gasteiger partial charge in [-0.3, -0.25) is 14.9 Å². The third-order valence-electron chi connectivity index (χ3n) is 3.54. The second-order valence-electron chi connectivity index (χ2n) is 6.28. The average Bonchev–Trinajstić information content (AvgIpc) is 3.11. The molecule has 0 radical (unpaired) electrons. The molecule has 0 saturated heterocycles. The molecule has 1 fully saturated rings. The van der Waals surface area contributed by atoms with Gasteiger partial charge < -0.3 is 4.74 Å². The SMILES string of the molecule is CC(C)(C)OC(=O)C1(c2ccc([N+](=O)[O-])c(Cl)c2)CC1C#N. The van der Waals surface area contributed by atoms with Crippen molar-refractivity contribution in [1.29, 1.82) is 5.26 Å². The van der Waals surface area contributed by atoms with Crippen molar-refractivity contribution in [2.75, 3.05) is 0 Å². The highest BCUT2D eigenvalue weighted by atomic mass is 35.5. The van der Waals surface area contributed by atoms with Gasteiger partial charge in [0.25, 0.3) is 5.69 Å². The maximum atomic E-state index is 12.5. The Balaban J connectivity index is 2.42. The number of benzene rings is 1. The standard InChI is InChI=1S/C15H15ClN2O4/c1-14(2,3)22-13(19)15(7-10(15)8-17)9-4-5-12(18(20)21)11(16)6-9/h4-6,10H,7H2,1-3H3. The molecule has 2 rings (SSSR count). The summed E-state index contributed by atoms with van der Waals surface area (Å²) >= 11 is 5.91. The number of esters is 1. The molecule has 22 heavy (non-hydrogen) atoms. The third kappa shape index (κ3) is 2.77. The molecule has 0 spiro atoms. The van der Waals surface area contributed by atoms with E-state index in [-0.39, 0.29) is 10.7 Å². The Morgan fingerprint density at radius 3 is 2.59 bits per heavy atom. The van der Waals surface area contributed by atoms with E-state index in [0.717, 1.165) is 0 Å². The zero-order valence-electron chi connectivity index (χ0n) is 12.4. The fraction of sp³-hybridized carbons (Fsp3) is 0.467. The highest BCUT2D eigenvalue weighted by Crippen LogP contribution is 2.56. The quantitative estimate of drug-likeness (QED) is 0.483. The molecule has 2 unspecified atom stereocenters.